The van der Waals surface area contributed by atoms with Crippen LogP contribution < -0.4 is 5.32 Å². The van der Waals surface area contributed by atoms with Crippen molar-refractivity contribution in [2.45, 2.75) is 52.7 Å². The van der Waals surface area contributed by atoms with Gasteiger partial charge in [0, 0.05) is 6.04 Å². The molecule has 0 bridgehead atoms. The minimum atomic E-state index is 0.586. The highest BCUT2D eigenvalue weighted by molar-refractivity contribution is 4.78. The van der Waals surface area contributed by atoms with Crippen LogP contribution in [-0.4, -0.2) is 30.2 Å². The Bertz CT molecular complexity index is 127. The number of rotatable bonds is 2. The first-order valence-corrected chi connectivity index (χ1v) is 5.62. The van der Waals surface area contributed by atoms with Gasteiger partial charge in [0.2, 0.25) is 0 Å². The van der Waals surface area contributed by atoms with Crippen molar-refractivity contribution in [3.05, 3.63) is 0 Å². The zero-order valence-electron chi connectivity index (χ0n) is 9.51. The molecule has 1 aliphatic rings. The van der Waals surface area contributed by atoms with E-state index >= 15 is 0 Å². The Morgan fingerprint density at radius 2 is 1.85 bits per heavy atom. The zero-order valence-corrected chi connectivity index (χ0v) is 9.51. The Balaban J connectivity index is 2.61. The molecule has 1 atom stereocenters. The van der Waals surface area contributed by atoms with E-state index in [2.05, 4.69) is 37.9 Å². The Labute approximate surface area is 82.7 Å². The van der Waals surface area contributed by atoms with E-state index in [9.17, 15) is 0 Å². The first-order chi connectivity index (χ1) is 6.13. The van der Waals surface area contributed by atoms with Crippen LogP contribution in [0.2, 0.25) is 0 Å². The van der Waals surface area contributed by atoms with E-state index in [1.165, 1.54) is 25.9 Å². The highest BCUT2D eigenvalue weighted by Crippen LogP contribution is 2.15. The Morgan fingerprint density at radius 3 is 2.38 bits per heavy atom. The minimum Gasteiger partial charge on any atom is -0.302 e. The second-order valence-corrected chi connectivity index (χ2v) is 4.68. The van der Waals surface area contributed by atoms with Crippen LogP contribution in [-0.2, 0) is 0 Å². The van der Waals surface area contributed by atoms with Gasteiger partial charge < -0.3 is 5.32 Å². The lowest BCUT2D eigenvalue weighted by atomic mass is 10.1. The first kappa shape index (κ1) is 11.0. The second-order valence-electron chi connectivity index (χ2n) is 4.68. The summed E-state index contributed by atoms with van der Waals surface area (Å²) in [6, 6.07) is 0.665. The van der Waals surface area contributed by atoms with E-state index in [4.69, 9.17) is 0 Å². The minimum absolute atomic E-state index is 0.586. The van der Waals surface area contributed by atoms with Gasteiger partial charge in [-0.3, -0.25) is 4.90 Å². The summed E-state index contributed by atoms with van der Waals surface area (Å²) >= 11 is 0. The maximum Gasteiger partial charge on any atom is 0.0622 e. The molecule has 0 aromatic carbocycles. The molecule has 1 aliphatic heterocycles. The fourth-order valence-corrected chi connectivity index (χ4v) is 2.12. The van der Waals surface area contributed by atoms with Crippen molar-refractivity contribution >= 4 is 0 Å². The van der Waals surface area contributed by atoms with Crippen molar-refractivity contribution in [3.63, 3.8) is 0 Å². The van der Waals surface area contributed by atoms with Crippen molar-refractivity contribution in [1.29, 1.82) is 0 Å². The lowest BCUT2D eigenvalue weighted by molar-refractivity contribution is 0.104. The monoisotopic (exact) mass is 184 g/mol. The largest absolute Gasteiger partial charge is 0.302 e. The summed E-state index contributed by atoms with van der Waals surface area (Å²) < 4.78 is 0. The van der Waals surface area contributed by atoms with Crippen LogP contribution in [0.15, 0.2) is 0 Å². The quantitative estimate of drug-likeness (QED) is 0.706. The molecule has 1 N–H and O–H groups in total. The highest BCUT2D eigenvalue weighted by Gasteiger charge is 2.24. The summed E-state index contributed by atoms with van der Waals surface area (Å²) in [5, 5.41) is 3.64. The SMILES string of the molecule is CC(C)C1NCCCCN1C(C)C. The van der Waals surface area contributed by atoms with E-state index in [-0.39, 0.29) is 0 Å². The van der Waals surface area contributed by atoms with Gasteiger partial charge in [-0.15, -0.1) is 0 Å². The molecule has 0 amide bonds. The Hall–Kier alpha value is -0.0800. The third-order valence-electron chi connectivity index (χ3n) is 2.85. The standard InChI is InChI=1S/C11H24N2/c1-9(2)11-12-7-5-6-8-13(11)10(3)4/h9-12H,5-8H2,1-4H3. The van der Waals surface area contributed by atoms with Gasteiger partial charge in [0.15, 0.2) is 0 Å². The molecule has 0 aromatic rings. The first-order valence-electron chi connectivity index (χ1n) is 5.62. The maximum absolute atomic E-state index is 3.64. The molecule has 1 fully saturated rings. The molecule has 0 aromatic heterocycles. The molecule has 2 nitrogen and oxygen atoms in total. The molecule has 0 spiro atoms. The second kappa shape index (κ2) is 4.97. The van der Waals surface area contributed by atoms with Crippen molar-refractivity contribution in [2.75, 3.05) is 13.1 Å². The average molecular weight is 184 g/mol. The third kappa shape index (κ3) is 2.96. The van der Waals surface area contributed by atoms with Crippen LogP contribution in [0.3, 0.4) is 0 Å². The Kier molecular flexibility index (Phi) is 4.20. The topological polar surface area (TPSA) is 15.3 Å². The van der Waals surface area contributed by atoms with Gasteiger partial charge in [0.05, 0.1) is 6.17 Å². The van der Waals surface area contributed by atoms with E-state index in [0.717, 1.165) is 0 Å². The van der Waals surface area contributed by atoms with Gasteiger partial charge in [-0.25, -0.2) is 0 Å². The van der Waals surface area contributed by atoms with Gasteiger partial charge in [-0.1, -0.05) is 13.8 Å². The maximum atomic E-state index is 3.64. The van der Waals surface area contributed by atoms with Crippen LogP contribution in [0.1, 0.15) is 40.5 Å². The summed E-state index contributed by atoms with van der Waals surface area (Å²) in [6.07, 6.45) is 3.25. The predicted octanol–water partition coefficient (Wildman–Crippen LogP) is 2.06. The van der Waals surface area contributed by atoms with E-state index in [1.807, 2.05) is 0 Å². The number of hydrogen-bond acceptors (Lipinski definition) is 2. The number of hydrogen-bond donors (Lipinski definition) is 1. The van der Waals surface area contributed by atoms with Crippen LogP contribution in [0, 0.1) is 5.92 Å². The molecule has 0 aliphatic carbocycles. The van der Waals surface area contributed by atoms with Crippen LogP contribution in [0.4, 0.5) is 0 Å². The predicted molar refractivity (Wildman–Crippen MR) is 57.7 cm³/mol. The number of nitrogens with zero attached hydrogens (tertiary/aromatic N) is 1. The van der Waals surface area contributed by atoms with E-state index < -0.39 is 0 Å². The molecule has 1 heterocycles. The van der Waals surface area contributed by atoms with Crippen LogP contribution in [0.5, 0.6) is 0 Å². The third-order valence-corrected chi connectivity index (χ3v) is 2.85. The lowest BCUT2D eigenvalue weighted by Crippen LogP contribution is -2.50. The fraction of sp³-hybridized carbons (Fsp3) is 1.00. The zero-order chi connectivity index (χ0) is 9.84. The molecule has 0 saturated carbocycles. The smallest absolute Gasteiger partial charge is 0.0622 e. The summed E-state index contributed by atoms with van der Waals surface area (Å²) in [6.45, 7) is 11.6. The van der Waals surface area contributed by atoms with Gasteiger partial charge in [-0.05, 0) is 45.7 Å². The number of nitrogens with one attached hydrogen (secondary N) is 1. The molecule has 13 heavy (non-hydrogen) atoms. The molecular weight excluding hydrogens is 160 g/mol. The van der Waals surface area contributed by atoms with Gasteiger partial charge in [-0.2, -0.15) is 0 Å². The molecule has 1 rings (SSSR count). The van der Waals surface area contributed by atoms with Crippen molar-refractivity contribution in [1.82, 2.24) is 10.2 Å². The molecule has 0 radical (unpaired) electrons. The highest BCUT2D eigenvalue weighted by atomic mass is 15.3. The van der Waals surface area contributed by atoms with Crippen LogP contribution >= 0.6 is 0 Å². The van der Waals surface area contributed by atoms with Crippen LogP contribution in [0.25, 0.3) is 0 Å². The van der Waals surface area contributed by atoms with Gasteiger partial charge in [0.25, 0.3) is 0 Å². The van der Waals surface area contributed by atoms with Crippen molar-refractivity contribution in [3.8, 4) is 0 Å². The summed E-state index contributed by atoms with van der Waals surface area (Å²) in [5.41, 5.74) is 0. The van der Waals surface area contributed by atoms with Crippen molar-refractivity contribution in [2.24, 2.45) is 5.92 Å². The molecular formula is C11H24N2. The summed E-state index contributed by atoms with van der Waals surface area (Å²) in [5.74, 6) is 0.709. The van der Waals surface area contributed by atoms with Gasteiger partial charge in [0.1, 0.15) is 0 Å². The van der Waals surface area contributed by atoms with E-state index in [1.54, 1.807) is 0 Å². The van der Waals surface area contributed by atoms with Gasteiger partial charge >= 0.3 is 0 Å². The molecule has 2 heteroatoms. The lowest BCUT2D eigenvalue weighted by Gasteiger charge is -2.36. The van der Waals surface area contributed by atoms with E-state index in [0.29, 0.717) is 18.1 Å². The summed E-state index contributed by atoms with van der Waals surface area (Å²) in [7, 11) is 0. The average Bonchev–Trinajstić information content (AvgIpc) is 2.27. The fourth-order valence-electron chi connectivity index (χ4n) is 2.12. The Morgan fingerprint density at radius 1 is 1.15 bits per heavy atom. The summed E-state index contributed by atoms with van der Waals surface area (Å²) in [4.78, 5) is 2.59. The molecule has 1 unspecified atom stereocenters. The normalized spacial score (nSPS) is 26.8. The molecule has 78 valence electrons. The molecule has 1 saturated heterocycles. The van der Waals surface area contributed by atoms with Crippen molar-refractivity contribution < 1.29 is 0 Å².